The zero-order chi connectivity index (χ0) is 13.0. The molecule has 0 bridgehead atoms. The third-order valence-electron chi connectivity index (χ3n) is 3.14. The molecular weight excluding hydrogens is 236 g/mol. The maximum Gasteiger partial charge on any atom is 0.303 e. The lowest BCUT2D eigenvalue weighted by molar-refractivity contribution is -0.137. The van der Waals surface area contributed by atoms with Gasteiger partial charge in [-0.25, -0.2) is 0 Å². The highest BCUT2D eigenvalue weighted by Crippen LogP contribution is 2.33. The number of nitrogens with zero attached hydrogens (tertiary/aromatic N) is 2. The normalized spacial score (nSPS) is 23.4. The molecule has 0 amide bonds. The second-order valence-corrected chi connectivity index (χ2v) is 4.69. The van der Waals surface area contributed by atoms with E-state index in [2.05, 4.69) is 17.1 Å². The largest absolute Gasteiger partial charge is 0.481 e. The fraction of sp³-hybridized carbons (Fsp3) is 0.750. The number of carboxylic acid groups (broad SMARTS) is 1. The van der Waals surface area contributed by atoms with Crippen LogP contribution in [0.4, 0.5) is 0 Å². The molecule has 2 heterocycles. The van der Waals surface area contributed by atoms with Gasteiger partial charge in [0.25, 0.3) is 0 Å². The fourth-order valence-corrected chi connectivity index (χ4v) is 2.05. The van der Waals surface area contributed by atoms with Crippen LogP contribution in [0.15, 0.2) is 4.42 Å². The molecule has 1 aromatic heterocycles. The van der Waals surface area contributed by atoms with Crippen molar-refractivity contribution in [2.24, 2.45) is 5.92 Å². The molecule has 0 aromatic carbocycles. The minimum atomic E-state index is -0.769. The molecule has 2 unspecified atom stereocenters. The van der Waals surface area contributed by atoms with Crippen LogP contribution in [0.5, 0.6) is 0 Å². The number of hydrogen-bond donors (Lipinski definition) is 1. The summed E-state index contributed by atoms with van der Waals surface area (Å²) >= 11 is 0. The van der Waals surface area contributed by atoms with E-state index in [1.54, 1.807) is 0 Å². The van der Waals surface area contributed by atoms with Crippen LogP contribution in [-0.4, -0.2) is 27.9 Å². The van der Waals surface area contributed by atoms with E-state index in [-0.39, 0.29) is 12.5 Å². The molecule has 1 fully saturated rings. The number of unbranched alkanes of at least 4 members (excludes halogenated alkanes) is 1. The monoisotopic (exact) mass is 254 g/mol. The average molecular weight is 254 g/mol. The minimum absolute atomic E-state index is 0.0785. The lowest BCUT2D eigenvalue weighted by Crippen LogP contribution is -2.03. The van der Waals surface area contributed by atoms with Crippen LogP contribution >= 0.6 is 0 Å². The molecule has 2 rings (SSSR count). The van der Waals surface area contributed by atoms with E-state index in [4.69, 9.17) is 14.3 Å². The van der Waals surface area contributed by atoms with E-state index in [9.17, 15) is 4.79 Å². The van der Waals surface area contributed by atoms with Gasteiger partial charge in [-0.1, -0.05) is 6.92 Å². The third kappa shape index (κ3) is 3.29. The Morgan fingerprint density at radius 3 is 2.94 bits per heavy atom. The van der Waals surface area contributed by atoms with E-state index in [1.807, 2.05) is 0 Å². The molecule has 1 aliphatic heterocycles. The number of aromatic nitrogens is 2. The molecule has 6 nitrogen and oxygen atoms in total. The predicted molar refractivity (Wildman–Crippen MR) is 62.0 cm³/mol. The van der Waals surface area contributed by atoms with Crippen LogP contribution in [0.1, 0.15) is 50.5 Å². The maximum absolute atomic E-state index is 10.4. The van der Waals surface area contributed by atoms with Crippen molar-refractivity contribution < 1.29 is 19.1 Å². The minimum Gasteiger partial charge on any atom is -0.481 e. The molecular formula is C12H18N2O4. The Balaban J connectivity index is 1.81. The SMILES string of the molecule is CC1CCOC1c1nnc(CCCCC(=O)O)o1. The Labute approximate surface area is 105 Å². The Morgan fingerprint density at radius 1 is 1.44 bits per heavy atom. The number of ether oxygens (including phenoxy) is 1. The van der Waals surface area contributed by atoms with E-state index in [0.29, 0.717) is 30.5 Å². The topological polar surface area (TPSA) is 85.5 Å². The Hall–Kier alpha value is -1.43. The predicted octanol–water partition coefficient (Wildman–Crippen LogP) is 1.96. The molecule has 18 heavy (non-hydrogen) atoms. The van der Waals surface area contributed by atoms with Crippen molar-refractivity contribution in [3.05, 3.63) is 11.8 Å². The summed E-state index contributed by atoms with van der Waals surface area (Å²) in [6.45, 7) is 2.84. The summed E-state index contributed by atoms with van der Waals surface area (Å²) in [6, 6.07) is 0. The second-order valence-electron chi connectivity index (χ2n) is 4.69. The Bertz CT molecular complexity index is 405. The van der Waals surface area contributed by atoms with Crippen molar-refractivity contribution in [3.63, 3.8) is 0 Å². The lowest BCUT2D eigenvalue weighted by Gasteiger charge is -2.08. The molecule has 100 valence electrons. The number of hydrogen-bond acceptors (Lipinski definition) is 5. The zero-order valence-corrected chi connectivity index (χ0v) is 10.5. The van der Waals surface area contributed by atoms with Crippen LogP contribution in [0.2, 0.25) is 0 Å². The summed E-state index contributed by atoms with van der Waals surface area (Å²) in [7, 11) is 0. The van der Waals surface area contributed by atoms with Gasteiger partial charge in [0.2, 0.25) is 11.8 Å². The summed E-state index contributed by atoms with van der Waals surface area (Å²) in [5.74, 6) is 0.756. The maximum atomic E-state index is 10.4. The number of carboxylic acids is 1. The van der Waals surface area contributed by atoms with Gasteiger partial charge in [-0.2, -0.15) is 0 Å². The van der Waals surface area contributed by atoms with E-state index >= 15 is 0 Å². The van der Waals surface area contributed by atoms with Crippen molar-refractivity contribution >= 4 is 5.97 Å². The standard InChI is InChI=1S/C12H18N2O4/c1-8-6-7-17-11(8)12-14-13-9(18-12)4-2-3-5-10(15)16/h8,11H,2-7H2,1H3,(H,15,16). The summed E-state index contributed by atoms with van der Waals surface area (Å²) < 4.78 is 11.1. The van der Waals surface area contributed by atoms with Crippen molar-refractivity contribution in [1.29, 1.82) is 0 Å². The highest BCUT2D eigenvalue weighted by molar-refractivity contribution is 5.66. The molecule has 1 N–H and O–H groups in total. The van der Waals surface area contributed by atoms with E-state index in [1.165, 1.54) is 0 Å². The molecule has 0 radical (unpaired) electrons. The van der Waals surface area contributed by atoms with Gasteiger partial charge in [-0.15, -0.1) is 10.2 Å². The molecule has 1 aromatic rings. The number of rotatable bonds is 6. The van der Waals surface area contributed by atoms with Crippen molar-refractivity contribution in [1.82, 2.24) is 10.2 Å². The third-order valence-corrected chi connectivity index (χ3v) is 3.14. The second kappa shape index (κ2) is 5.95. The van der Waals surface area contributed by atoms with Crippen LogP contribution in [0, 0.1) is 5.92 Å². The molecule has 2 atom stereocenters. The summed E-state index contributed by atoms with van der Waals surface area (Å²) in [5.41, 5.74) is 0. The van der Waals surface area contributed by atoms with Crippen LogP contribution in [-0.2, 0) is 16.0 Å². The summed E-state index contributed by atoms with van der Waals surface area (Å²) in [6.07, 6.45) is 3.12. The first-order chi connectivity index (χ1) is 8.66. The molecule has 6 heteroatoms. The van der Waals surface area contributed by atoms with Crippen molar-refractivity contribution in [2.45, 2.75) is 45.1 Å². The lowest BCUT2D eigenvalue weighted by atomic mass is 10.0. The van der Waals surface area contributed by atoms with Gasteiger partial charge in [-0.3, -0.25) is 4.79 Å². The van der Waals surface area contributed by atoms with Gasteiger partial charge in [0.15, 0.2) is 0 Å². The van der Waals surface area contributed by atoms with Gasteiger partial charge in [0.05, 0.1) is 0 Å². The highest BCUT2D eigenvalue weighted by atomic mass is 16.5. The molecule has 0 saturated carbocycles. The van der Waals surface area contributed by atoms with Crippen molar-refractivity contribution in [3.8, 4) is 0 Å². The number of aryl methyl sites for hydroxylation is 1. The van der Waals surface area contributed by atoms with E-state index < -0.39 is 5.97 Å². The van der Waals surface area contributed by atoms with E-state index in [0.717, 1.165) is 19.4 Å². The van der Waals surface area contributed by atoms with Gasteiger partial charge in [0, 0.05) is 19.4 Å². The summed E-state index contributed by atoms with van der Waals surface area (Å²) in [4.78, 5) is 10.4. The zero-order valence-electron chi connectivity index (χ0n) is 10.5. The molecule has 1 saturated heterocycles. The van der Waals surface area contributed by atoms with Crippen molar-refractivity contribution in [2.75, 3.05) is 6.61 Å². The van der Waals surface area contributed by atoms with Crippen LogP contribution in [0.25, 0.3) is 0 Å². The molecule has 0 aliphatic carbocycles. The van der Waals surface area contributed by atoms with Gasteiger partial charge >= 0.3 is 5.97 Å². The smallest absolute Gasteiger partial charge is 0.303 e. The summed E-state index contributed by atoms with van der Waals surface area (Å²) in [5, 5.41) is 16.5. The first kappa shape index (κ1) is 13.0. The van der Waals surface area contributed by atoms with Gasteiger partial charge < -0.3 is 14.3 Å². The first-order valence-electron chi connectivity index (χ1n) is 6.32. The van der Waals surface area contributed by atoms with Gasteiger partial charge in [0.1, 0.15) is 6.10 Å². The van der Waals surface area contributed by atoms with Crippen LogP contribution < -0.4 is 0 Å². The quantitative estimate of drug-likeness (QED) is 0.781. The highest BCUT2D eigenvalue weighted by Gasteiger charge is 2.30. The number of aliphatic carboxylic acids is 1. The fourth-order valence-electron chi connectivity index (χ4n) is 2.05. The number of carbonyl (C=O) groups is 1. The first-order valence-corrected chi connectivity index (χ1v) is 6.32. The Morgan fingerprint density at radius 2 is 2.28 bits per heavy atom. The molecule has 0 spiro atoms. The van der Waals surface area contributed by atoms with Crippen LogP contribution in [0.3, 0.4) is 0 Å². The Kier molecular flexibility index (Phi) is 4.30. The average Bonchev–Trinajstić information content (AvgIpc) is 2.92. The van der Waals surface area contributed by atoms with Gasteiger partial charge in [-0.05, 0) is 25.2 Å². The molecule has 1 aliphatic rings.